The number of carbonyl (C=O) groups is 1. The van der Waals surface area contributed by atoms with Gasteiger partial charge in [0.25, 0.3) is 5.91 Å². The summed E-state index contributed by atoms with van der Waals surface area (Å²) >= 11 is 0. The van der Waals surface area contributed by atoms with E-state index in [0.29, 0.717) is 43.5 Å². The van der Waals surface area contributed by atoms with Crippen molar-refractivity contribution in [2.75, 3.05) is 38.1 Å². The predicted octanol–water partition coefficient (Wildman–Crippen LogP) is 1.15. The minimum atomic E-state index is -0.170. The lowest BCUT2D eigenvalue weighted by Crippen LogP contribution is -2.34. The van der Waals surface area contributed by atoms with Gasteiger partial charge in [-0.15, -0.1) is 0 Å². The summed E-state index contributed by atoms with van der Waals surface area (Å²) in [5.41, 5.74) is 1.31. The van der Waals surface area contributed by atoms with Crippen LogP contribution in [0, 0.1) is 0 Å². The molecular formula is C16H19N5O3. The van der Waals surface area contributed by atoms with Crippen molar-refractivity contribution in [1.29, 1.82) is 0 Å². The highest BCUT2D eigenvalue weighted by atomic mass is 16.5. The number of phenolic OH excluding ortho intramolecular Hbond substituents is 1. The van der Waals surface area contributed by atoms with Gasteiger partial charge in [0.15, 0.2) is 11.5 Å². The number of nitrogens with zero attached hydrogens (tertiary/aromatic N) is 4. The third-order valence-corrected chi connectivity index (χ3v) is 4.22. The van der Waals surface area contributed by atoms with Crippen LogP contribution < -0.4 is 10.1 Å². The quantitative estimate of drug-likeness (QED) is 0.849. The highest BCUT2D eigenvalue weighted by Gasteiger charge is 2.43. The Hall–Kier alpha value is -2.77. The molecule has 0 aromatic heterocycles. The lowest BCUT2D eigenvalue weighted by Gasteiger charge is -2.19. The first-order chi connectivity index (χ1) is 11.7. The van der Waals surface area contributed by atoms with E-state index in [1.54, 1.807) is 17.1 Å². The molecule has 0 atom stereocenters. The minimum Gasteiger partial charge on any atom is -0.506 e. The number of rotatable bonds is 2. The fraction of sp³-hybridized carbons (Fsp3) is 0.438. The second-order valence-electron chi connectivity index (χ2n) is 5.78. The summed E-state index contributed by atoms with van der Waals surface area (Å²) in [7, 11) is 0. The van der Waals surface area contributed by atoms with Crippen LogP contribution in [-0.4, -0.2) is 65.4 Å². The molecule has 0 bridgehead atoms. The number of aliphatic imine (C=N–C) groups is 2. The van der Waals surface area contributed by atoms with Gasteiger partial charge < -0.3 is 15.2 Å². The van der Waals surface area contributed by atoms with E-state index in [0.717, 1.165) is 18.7 Å². The molecule has 2 saturated heterocycles. The van der Waals surface area contributed by atoms with Gasteiger partial charge in [0.05, 0.1) is 5.69 Å². The van der Waals surface area contributed by atoms with Gasteiger partial charge in [0, 0.05) is 38.3 Å². The number of benzene rings is 1. The first kappa shape index (κ1) is 14.8. The number of fused-ring (bicyclic) bond motifs is 2. The molecule has 3 aliphatic heterocycles. The number of anilines is 1. The number of hydrogen-bond donors (Lipinski definition) is 2. The normalized spacial score (nSPS) is 22.6. The lowest BCUT2D eigenvalue weighted by atomic mass is 10.2. The Morgan fingerprint density at radius 3 is 3.00 bits per heavy atom. The van der Waals surface area contributed by atoms with E-state index in [9.17, 15) is 9.90 Å². The third-order valence-electron chi connectivity index (χ3n) is 4.22. The summed E-state index contributed by atoms with van der Waals surface area (Å²) in [5.74, 6) is 1.04. The summed E-state index contributed by atoms with van der Waals surface area (Å²) in [4.78, 5) is 21.5. The van der Waals surface area contributed by atoms with Crippen LogP contribution in [0.4, 0.5) is 11.4 Å². The van der Waals surface area contributed by atoms with Gasteiger partial charge in [-0.05, 0) is 13.3 Å². The first-order valence-electron chi connectivity index (χ1n) is 8.15. The maximum atomic E-state index is 12.6. The Balaban J connectivity index is 1.77. The number of carbonyl (C=O) groups excluding carboxylic acids is 1. The largest absolute Gasteiger partial charge is 0.506 e. The SMILES string of the molecule is CCN=C1C(=Nc2cc3c(cc2O)NCCO3)C(=O)N2CCCN12. The van der Waals surface area contributed by atoms with E-state index < -0.39 is 0 Å². The van der Waals surface area contributed by atoms with Gasteiger partial charge in [0.1, 0.15) is 23.8 Å². The van der Waals surface area contributed by atoms with Gasteiger partial charge in [-0.2, -0.15) is 0 Å². The van der Waals surface area contributed by atoms with Crippen molar-refractivity contribution < 1.29 is 14.6 Å². The standard InChI is InChI=1S/C16H19N5O3/c1-2-17-15-14(16(23)21-6-3-5-20(15)21)19-10-9-13-11(8-12(10)22)18-4-7-24-13/h8-9,18,22H,2-7H2,1H3. The zero-order valence-corrected chi connectivity index (χ0v) is 13.4. The molecule has 1 aromatic carbocycles. The van der Waals surface area contributed by atoms with Crippen LogP contribution in [0.3, 0.4) is 0 Å². The number of amides is 1. The summed E-state index contributed by atoms with van der Waals surface area (Å²) in [6.07, 6.45) is 0.922. The van der Waals surface area contributed by atoms with Crippen LogP contribution in [0.5, 0.6) is 11.5 Å². The smallest absolute Gasteiger partial charge is 0.294 e. The number of amidine groups is 1. The van der Waals surface area contributed by atoms with E-state index in [-0.39, 0.29) is 17.4 Å². The molecule has 0 saturated carbocycles. The highest BCUT2D eigenvalue weighted by Crippen LogP contribution is 2.39. The molecule has 1 amide bonds. The van der Waals surface area contributed by atoms with Crippen LogP contribution in [0.15, 0.2) is 22.1 Å². The number of ether oxygens (including phenoxy) is 1. The summed E-state index contributed by atoms with van der Waals surface area (Å²) < 4.78 is 5.58. The molecule has 0 aliphatic carbocycles. The Kier molecular flexibility index (Phi) is 3.51. The van der Waals surface area contributed by atoms with Crippen molar-refractivity contribution in [3.63, 3.8) is 0 Å². The van der Waals surface area contributed by atoms with Crippen molar-refractivity contribution in [3.8, 4) is 11.5 Å². The molecule has 8 heteroatoms. The topological polar surface area (TPSA) is 89.8 Å². The average molecular weight is 329 g/mol. The molecule has 3 heterocycles. The number of aromatic hydroxyl groups is 1. The molecule has 2 N–H and O–H groups in total. The number of hydrogen-bond acceptors (Lipinski definition) is 6. The lowest BCUT2D eigenvalue weighted by molar-refractivity contribution is -0.129. The molecule has 126 valence electrons. The molecule has 1 aromatic rings. The van der Waals surface area contributed by atoms with E-state index in [4.69, 9.17) is 4.74 Å². The fourth-order valence-corrected chi connectivity index (χ4v) is 3.16. The third kappa shape index (κ3) is 2.26. The van der Waals surface area contributed by atoms with Crippen molar-refractivity contribution in [1.82, 2.24) is 10.0 Å². The zero-order chi connectivity index (χ0) is 16.7. The van der Waals surface area contributed by atoms with Gasteiger partial charge >= 0.3 is 0 Å². The van der Waals surface area contributed by atoms with E-state index >= 15 is 0 Å². The number of phenols is 1. The number of nitrogens with one attached hydrogen (secondary N) is 1. The summed E-state index contributed by atoms with van der Waals surface area (Å²) in [5, 5.41) is 16.9. The maximum absolute atomic E-state index is 12.6. The summed E-state index contributed by atoms with van der Waals surface area (Å²) in [6.45, 7) is 5.16. The van der Waals surface area contributed by atoms with E-state index in [2.05, 4.69) is 15.3 Å². The van der Waals surface area contributed by atoms with Crippen molar-refractivity contribution in [2.24, 2.45) is 9.98 Å². The molecule has 3 aliphatic rings. The van der Waals surface area contributed by atoms with Crippen LogP contribution >= 0.6 is 0 Å². The van der Waals surface area contributed by atoms with E-state index in [1.165, 1.54) is 0 Å². The number of hydrazine groups is 1. The molecule has 2 fully saturated rings. The molecule has 4 rings (SSSR count). The van der Waals surface area contributed by atoms with Gasteiger partial charge in [-0.1, -0.05) is 0 Å². The Bertz CT molecular complexity index is 758. The Morgan fingerprint density at radius 2 is 2.17 bits per heavy atom. The average Bonchev–Trinajstić information content (AvgIpc) is 3.14. The second kappa shape index (κ2) is 5.70. The van der Waals surface area contributed by atoms with Crippen LogP contribution in [0.1, 0.15) is 13.3 Å². The molecule has 8 nitrogen and oxygen atoms in total. The van der Waals surface area contributed by atoms with Crippen LogP contribution in [0.2, 0.25) is 0 Å². The Morgan fingerprint density at radius 1 is 1.33 bits per heavy atom. The first-order valence-corrected chi connectivity index (χ1v) is 8.15. The zero-order valence-electron chi connectivity index (χ0n) is 13.4. The van der Waals surface area contributed by atoms with Crippen LogP contribution in [0.25, 0.3) is 0 Å². The molecule has 0 spiro atoms. The minimum absolute atomic E-state index is 0.00459. The van der Waals surface area contributed by atoms with E-state index in [1.807, 2.05) is 11.9 Å². The molecule has 0 radical (unpaired) electrons. The summed E-state index contributed by atoms with van der Waals surface area (Å²) in [6, 6.07) is 3.23. The maximum Gasteiger partial charge on any atom is 0.294 e. The molecular weight excluding hydrogens is 310 g/mol. The van der Waals surface area contributed by atoms with Gasteiger partial charge in [-0.3, -0.25) is 14.8 Å². The van der Waals surface area contributed by atoms with Crippen molar-refractivity contribution in [2.45, 2.75) is 13.3 Å². The van der Waals surface area contributed by atoms with Crippen molar-refractivity contribution in [3.05, 3.63) is 12.1 Å². The molecule has 24 heavy (non-hydrogen) atoms. The van der Waals surface area contributed by atoms with Gasteiger partial charge in [-0.25, -0.2) is 10.0 Å². The molecule has 0 unspecified atom stereocenters. The van der Waals surface area contributed by atoms with Crippen LogP contribution in [-0.2, 0) is 4.79 Å². The van der Waals surface area contributed by atoms with Gasteiger partial charge in [0.2, 0.25) is 0 Å². The highest BCUT2D eigenvalue weighted by molar-refractivity contribution is 6.69. The Labute approximate surface area is 139 Å². The fourth-order valence-electron chi connectivity index (χ4n) is 3.16. The predicted molar refractivity (Wildman–Crippen MR) is 90.2 cm³/mol. The monoisotopic (exact) mass is 329 g/mol. The van der Waals surface area contributed by atoms with Crippen molar-refractivity contribution >= 4 is 28.8 Å². The second-order valence-corrected chi connectivity index (χ2v) is 5.78.